The number of ether oxygens (including phenoxy) is 1. The van der Waals surface area contributed by atoms with E-state index in [1.165, 1.54) is 0 Å². The van der Waals surface area contributed by atoms with Crippen LogP contribution in [0.2, 0.25) is 18.6 Å². The summed E-state index contributed by atoms with van der Waals surface area (Å²) in [7, 11) is -1.05. The molecule has 1 spiro atoms. The third-order valence-electron chi connectivity index (χ3n) is 9.67. The summed E-state index contributed by atoms with van der Waals surface area (Å²) < 4.78 is 8.63. The first kappa shape index (κ1) is 29.7. The highest BCUT2D eigenvalue weighted by atomic mass is 28.4. The Hall–Kier alpha value is -3.38. The fraction of sp³-hybridized carbons (Fsp3) is 0.500. The van der Waals surface area contributed by atoms with Gasteiger partial charge in [-0.3, -0.25) is 14.3 Å². The number of piperidine rings is 1. The minimum Gasteiger partial charge on any atom is -0.432 e. The second-order valence-electron chi connectivity index (χ2n) is 12.8. The van der Waals surface area contributed by atoms with E-state index in [1.54, 1.807) is 16.6 Å². The maximum atomic E-state index is 14.1. The van der Waals surface area contributed by atoms with E-state index < -0.39 is 13.9 Å². The van der Waals surface area contributed by atoms with Crippen LogP contribution in [0.25, 0.3) is 0 Å². The Balaban J connectivity index is 1.29. The van der Waals surface area contributed by atoms with E-state index in [-0.39, 0.29) is 41.9 Å². The molecule has 1 aromatic heterocycles. The molecular weight excluding hydrogens is 562 g/mol. The molecular formula is C32H41N5O5Si. The van der Waals surface area contributed by atoms with Crippen molar-refractivity contribution in [3.8, 4) is 0 Å². The van der Waals surface area contributed by atoms with Crippen molar-refractivity contribution < 1.29 is 24.2 Å². The minimum absolute atomic E-state index is 0.0824. The van der Waals surface area contributed by atoms with E-state index in [4.69, 9.17) is 4.74 Å². The Labute approximate surface area is 253 Å². The van der Waals surface area contributed by atoms with E-state index in [2.05, 4.69) is 10.3 Å². The topological polar surface area (TPSA) is 121 Å². The number of nitrogens with zero attached hydrogens (tertiary/aromatic N) is 5. The molecule has 1 unspecified atom stereocenters. The molecule has 3 aliphatic heterocycles. The number of fused-ring (bicyclic) bond motifs is 2. The Bertz CT molecular complexity index is 1510. The maximum Gasteiger partial charge on any atom is 0.264 e. The average molecular weight is 604 g/mol. The molecule has 0 aliphatic carbocycles. The zero-order valence-corrected chi connectivity index (χ0v) is 26.3. The van der Waals surface area contributed by atoms with Crippen molar-refractivity contribution >= 4 is 31.5 Å². The monoisotopic (exact) mass is 603 g/mol. The summed E-state index contributed by atoms with van der Waals surface area (Å²) in [6.45, 7) is 6.91. The molecule has 3 aliphatic rings. The van der Waals surface area contributed by atoms with Crippen LogP contribution in [0.15, 0.2) is 54.7 Å². The summed E-state index contributed by atoms with van der Waals surface area (Å²) in [6, 6.07) is 15.5. The SMILES string of the molecule is C[C@@H]1[C@@H]([Si](C)(C)O)[C@H](CCn2cc(C(CO)c3ccccc3)nn2)O[C@@]12C(=O)N(C)c1ccc(N3CCCCC3=O)cc12. The molecule has 2 amide bonds. The van der Waals surface area contributed by atoms with Crippen LogP contribution >= 0.6 is 0 Å². The predicted molar refractivity (Wildman–Crippen MR) is 165 cm³/mol. The second-order valence-corrected chi connectivity index (χ2v) is 16.7. The number of benzene rings is 2. The molecule has 10 nitrogen and oxygen atoms in total. The minimum atomic E-state index is -2.81. The van der Waals surface area contributed by atoms with Crippen LogP contribution in [0.5, 0.6) is 0 Å². The van der Waals surface area contributed by atoms with Crippen molar-refractivity contribution in [2.75, 3.05) is 30.0 Å². The van der Waals surface area contributed by atoms with Gasteiger partial charge in [-0.05, 0) is 56.1 Å². The van der Waals surface area contributed by atoms with Gasteiger partial charge < -0.3 is 24.4 Å². The van der Waals surface area contributed by atoms with Crippen LogP contribution in [0.3, 0.4) is 0 Å². The smallest absolute Gasteiger partial charge is 0.264 e. The molecule has 4 heterocycles. The van der Waals surface area contributed by atoms with Crippen molar-refractivity contribution in [3.63, 3.8) is 0 Å². The summed E-state index contributed by atoms with van der Waals surface area (Å²) in [6.07, 6.45) is 4.36. The van der Waals surface area contributed by atoms with E-state index in [9.17, 15) is 19.5 Å². The highest BCUT2D eigenvalue weighted by molar-refractivity contribution is 6.71. The summed E-state index contributed by atoms with van der Waals surface area (Å²) in [4.78, 5) is 41.9. The van der Waals surface area contributed by atoms with E-state index in [0.29, 0.717) is 31.6 Å². The molecule has 2 saturated heterocycles. The molecule has 11 heteroatoms. The molecule has 43 heavy (non-hydrogen) atoms. The number of hydrogen-bond donors (Lipinski definition) is 2. The second kappa shape index (κ2) is 11.3. The Morgan fingerprint density at radius 3 is 2.60 bits per heavy atom. The Morgan fingerprint density at radius 1 is 1.14 bits per heavy atom. The molecule has 2 fully saturated rings. The molecule has 228 valence electrons. The van der Waals surface area contributed by atoms with Crippen LogP contribution in [0, 0.1) is 5.92 Å². The third kappa shape index (κ3) is 5.01. The molecule has 5 atom stereocenters. The maximum absolute atomic E-state index is 14.1. The Morgan fingerprint density at radius 2 is 1.91 bits per heavy atom. The number of aryl methyl sites for hydroxylation is 1. The van der Waals surface area contributed by atoms with Gasteiger partial charge in [0, 0.05) is 55.5 Å². The zero-order valence-electron chi connectivity index (χ0n) is 25.3. The lowest BCUT2D eigenvalue weighted by atomic mass is 9.82. The van der Waals surface area contributed by atoms with Crippen LogP contribution in [0.1, 0.15) is 55.3 Å². The lowest BCUT2D eigenvalue weighted by Crippen LogP contribution is -2.45. The van der Waals surface area contributed by atoms with Gasteiger partial charge in [0.2, 0.25) is 5.91 Å². The number of carbonyl (C=O) groups excluding carboxylic acids is 2. The van der Waals surface area contributed by atoms with Gasteiger partial charge in [-0.15, -0.1) is 5.10 Å². The van der Waals surface area contributed by atoms with Gasteiger partial charge in [0.25, 0.3) is 5.91 Å². The number of aromatic nitrogens is 3. The van der Waals surface area contributed by atoms with Crippen LogP contribution < -0.4 is 9.80 Å². The van der Waals surface area contributed by atoms with E-state index in [1.807, 2.05) is 79.6 Å². The van der Waals surface area contributed by atoms with Crippen LogP contribution in [-0.4, -0.2) is 71.3 Å². The van der Waals surface area contributed by atoms with Crippen molar-refractivity contribution in [1.82, 2.24) is 15.0 Å². The molecule has 2 aromatic carbocycles. The first-order chi connectivity index (χ1) is 20.6. The van der Waals surface area contributed by atoms with Gasteiger partial charge in [-0.25, -0.2) is 0 Å². The first-order valence-electron chi connectivity index (χ1n) is 15.2. The number of aliphatic hydroxyl groups excluding tert-OH is 1. The number of carbonyl (C=O) groups is 2. The fourth-order valence-electron chi connectivity index (χ4n) is 7.58. The predicted octanol–water partition coefficient (Wildman–Crippen LogP) is 3.78. The molecule has 0 bridgehead atoms. The summed E-state index contributed by atoms with van der Waals surface area (Å²) in [5.74, 6) is -0.599. The largest absolute Gasteiger partial charge is 0.432 e. The van der Waals surface area contributed by atoms with Gasteiger partial charge in [0.05, 0.1) is 30.0 Å². The highest BCUT2D eigenvalue weighted by Crippen LogP contribution is 2.59. The van der Waals surface area contributed by atoms with Gasteiger partial charge >= 0.3 is 0 Å². The van der Waals surface area contributed by atoms with Gasteiger partial charge in [-0.1, -0.05) is 42.5 Å². The number of aliphatic hydroxyl groups is 1. The van der Waals surface area contributed by atoms with Crippen LogP contribution in [0.4, 0.5) is 11.4 Å². The van der Waals surface area contributed by atoms with Gasteiger partial charge in [-0.2, -0.15) is 0 Å². The summed E-state index contributed by atoms with van der Waals surface area (Å²) in [5.41, 5.74) is 2.52. The van der Waals surface area contributed by atoms with E-state index >= 15 is 0 Å². The van der Waals surface area contributed by atoms with Crippen molar-refractivity contribution in [2.45, 2.75) is 75.4 Å². The molecule has 0 saturated carbocycles. The fourth-order valence-corrected chi connectivity index (χ4v) is 10.2. The standard InChI is InChI=1S/C32H41N5O5Si/c1-21-30(43(3,4)41)28(15-17-36-19-26(33-34-36)24(20-38)22-10-6-5-7-11-22)42-32(21)25-18-23(37-16-9-8-12-29(37)39)13-14-27(25)35(2)31(32)40/h5-7,10-11,13-14,18-19,21,24,28,30,38,41H,8-9,12,15-17,20H2,1-4H3/t21-,24?,28+,30-,32+/m1/s1. The van der Waals surface area contributed by atoms with Crippen molar-refractivity contribution in [2.24, 2.45) is 5.92 Å². The van der Waals surface area contributed by atoms with Crippen molar-refractivity contribution in [1.29, 1.82) is 0 Å². The molecule has 3 aromatic rings. The zero-order chi connectivity index (χ0) is 30.5. The number of anilines is 2. The molecule has 6 rings (SSSR count). The lowest BCUT2D eigenvalue weighted by Gasteiger charge is -2.33. The lowest BCUT2D eigenvalue weighted by molar-refractivity contribution is -0.145. The molecule has 2 N–H and O–H groups in total. The number of rotatable bonds is 8. The highest BCUT2D eigenvalue weighted by Gasteiger charge is 2.65. The molecule has 0 radical (unpaired) electrons. The normalized spacial score (nSPS) is 26.4. The first-order valence-corrected chi connectivity index (χ1v) is 18.3. The van der Waals surface area contributed by atoms with Gasteiger partial charge in [0.1, 0.15) is 0 Å². The third-order valence-corrected chi connectivity index (χ3v) is 12.2. The Kier molecular flexibility index (Phi) is 7.78. The quantitative estimate of drug-likeness (QED) is 0.376. The van der Waals surface area contributed by atoms with Gasteiger partial charge in [0.15, 0.2) is 13.9 Å². The van der Waals surface area contributed by atoms with Crippen LogP contribution in [-0.2, 0) is 26.5 Å². The number of likely N-dealkylation sites (N-methyl/N-ethyl adjacent to an activating group) is 1. The summed E-state index contributed by atoms with van der Waals surface area (Å²) in [5, 5.41) is 18.8. The average Bonchev–Trinajstić information content (AvgIpc) is 3.64. The van der Waals surface area contributed by atoms with E-state index in [0.717, 1.165) is 35.3 Å². The number of hydrogen-bond acceptors (Lipinski definition) is 7. The summed E-state index contributed by atoms with van der Waals surface area (Å²) >= 11 is 0. The van der Waals surface area contributed by atoms with Crippen molar-refractivity contribution in [3.05, 3.63) is 71.5 Å². The number of amides is 2.